The number of allylic oxidation sites excluding steroid dienone is 1. The Morgan fingerprint density at radius 1 is 1.61 bits per heavy atom. The van der Waals surface area contributed by atoms with E-state index in [9.17, 15) is 4.79 Å². The maximum absolute atomic E-state index is 11.6. The summed E-state index contributed by atoms with van der Waals surface area (Å²) in [6, 6.07) is -0.498. The number of nitrogens with two attached hydrogens (primary N) is 2. The van der Waals surface area contributed by atoms with Gasteiger partial charge in [-0.05, 0) is 27.3 Å². The molecule has 1 heterocycles. The van der Waals surface area contributed by atoms with Gasteiger partial charge in [0.2, 0.25) is 0 Å². The van der Waals surface area contributed by atoms with Crippen LogP contribution < -0.4 is 22.3 Å². The first-order valence-electron chi connectivity index (χ1n) is 7.22. The van der Waals surface area contributed by atoms with Crippen molar-refractivity contribution < 1.29 is 9.53 Å². The molecule has 8 nitrogen and oxygen atoms in total. The van der Waals surface area contributed by atoms with E-state index in [0.717, 1.165) is 17.5 Å². The number of hydrogen-bond donors (Lipinski definition) is 4. The van der Waals surface area contributed by atoms with E-state index in [1.54, 1.807) is 6.08 Å². The third kappa shape index (κ3) is 5.26. The molecule has 2 atom stereocenters. The van der Waals surface area contributed by atoms with E-state index in [4.69, 9.17) is 16.3 Å². The highest BCUT2D eigenvalue weighted by atomic mass is 31.0. The summed E-state index contributed by atoms with van der Waals surface area (Å²) in [6.45, 7) is 4.45. The summed E-state index contributed by atoms with van der Waals surface area (Å²) in [5.41, 5.74) is 9.77. The predicted molar refractivity (Wildman–Crippen MR) is 95.7 cm³/mol. The van der Waals surface area contributed by atoms with Crippen LogP contribution in [0.5, 0.6) is 0 Å². The molecule has 0 fully saturated rings. The van der Waals surface area contributed by atoms with Crippen LogP contribution in [0.3, 0.4) is 0 Å². The highest BCUT2D eigenvalue weighted by Gasteiger charge is 2.20. The first-order valence-corrected chi connectivity index (χ1v) is 7.73. The van der Waals surface area contributed by atoms with Gasteiger partial charge < -0.3 is 15.0 Å². The van der Waals surface area contributed by atoms with Gasteiger partial charge in [-0.2, -0.15) is 0 Å². The van der Waals surface area contributed by atoms with Crippen molar-refractivity contribution >= 4 is 27.5 Å². The number of anilines is 1. The zero-order valence-electron chi connectivity index (χ0n) is 13.7. The maximum Gasteiger partial charge on any atom is 0.334 e. The average Bonchev–Trinajstić information content (AvgIpc) is 2.86. The molecule has 0 radical (unpaired) electrons. The molecule has 0 saturated carbocycles. The number of nitrogens with one attached hydrogen (secondary N) is 2. The molecule has 2 unspecified atom stereocenters. The summed E-state index contributed by atoms with van der Waals surface area (Å²) in [5, 5.41) is 2.71. The lowest BCUT2D eigenvalue weighted by Gasteiger charge is -2.14. The molecule has 0 aliphatic heterocycles. The van der Waals surface area contributed by atoms with Gasteiger partial charge in [0, 0.05) is 31.1 Å². The van der Waals surface area contributed by atoms with E-state index >= 15 is 0 Å². The van der Waals surface area contributed by atoms with Crippen LogP contribution in [0.2, 0.25) is 0 Å². The van der Waals surface area contributed by atoms with E-state index in [0.29, 0.717) is 11.7 Å². The largest absolute Gasteiger partial charge is 0.474 e. The number of amides is 2. The molecule has 0 aliphatic carbocycles. The molecule has 0 saturated heterocycles. The van der Waals surface area contributed by atoms with Crippen molar-refractivity contribution in [3.05, 3.63) is 29.3 Å². The fourth-order valence-corrected chi connectivity index (χ4v) is 2.21. The Bertz CT molecular complexity index is 596. The van der Waals surface area contributed by atoms with Gasteiger partial charge in [0.05, 0.1) is 0 Å². The van der Waals surface area contributed by atoms with Crippen molar-refractivity contribution in [1.82, 2.24) is 9.99 Å². The van der Waals surface area contributed by atoms with Crippen molar-refractivity contribution in [2.75, 3.05) is 5.32 Å². The molecule has 0 aliphatic rings. The standard InChI is InChI=1S/C14H25N6O2P/c1-4-9(2)10-7-20(3)13(18-14(21)19-16)11(10)8-22-12(15)5-6-17-23/h5-7,9H,4,8,15-16,23H2,1-3H3,(H2,18,19,21). The summed E-state index contributed by atoms with van der Waals surface area (Å²) in [4.78, 5) is 11.6. The third-order valence-electron chi connectivity index (χ3n) is 3.53. The minimum Gasteiger partial charge on any atom is -0.474 e. The van der Waals surface area contributed by atoms with Crippen molar-refractivity contribution in [2.45, 2.75) is 32.8 Å². The highest BCUT2D eigenvalue weighted by molar-refractivity contribution is 7.15. The first-order chi connectivity index (χ1) is 10.9. The van der Waals surface area contributed by atoms with Crippen LogP contribution >= 0.6 is 9.39 Å². The van der Waals surface area contributed by atoms with Gasteiger partial charge in [-0.25, -0.2) is 10.6 Å². The SMILES string of the molecule is CCC(C)c1cn(C)c(NC(=O)NN)c1COC(N)=CC=NP. The molecule has 1 rings (SSSR count). The van der Waals surface area contributed by atoms with Crippen molar-refractivity contribution in [3.8, 4) is 0 Å². The Morgan fingerprint density at radius 3 is 2.87 bits per heavy atom. The molecule has 128 valence electrons. The normalized spacial score (nSPS) is 13.2. The highest BCUT2D eigenvalue weighted by Crippen LogP contribution is 2.31. The molecule has 9 heteroatoms. The van der Waals surface area contributed by atoms with E-state index in [1.807, 2.05) is 17.8 Å². The van der Waals surface area contributed by atoms with Crippen molar-refractivity contribution in [1.29, 1.82) is 0 Å². The Labute approximate surface area is 138 Å². The minimum absolute atomic E-state index is 0.230. The monoisotopic (exact) mass is 340 g/mol. The van der Waals surface area contributed by atoms with Crippen LogP contribution in [0.1, 0.15) is 37.3 Å². The number of rotatable bonds is 7. The van der Waals surface area contributed by atoms with E-state index in [2.05, 4.69) is 38.7 Å². The molecule has 0 spiro atoms. The van der Waals surface area contributed by atoms with Gasteiger partial charge in [-0.3, -0.25) is 15.5 Å². The molecular weight excluding hydrogens is 315 g/mol. The van der Waals surface area contributed by atoms with Gasteiger partial charge >= 0.3 is 6.03 Å². The lowest BCUT2D eigenvalue weighted by molar-refractivity contribution is 0.196. The van der Waals surface area contributed by atoms with Crippen molar-refractivity contribution in [3.63, 3.8) is 0 Å². The second-order valence-electron chi connectivity index (χ2n) is 5.09. The van der Waals surface area contributed by atoms with Crippen LogP contribution in [0.25, 0.3) is 0 Å². The van der Waals surface area contributed by atoms with E-state index in [-0.39, 0.29) is 12.5 Å². The summed E-state index contributed by atoms with van der Waals surface area (Å²) < 4.78 is 11.1. The molecule has 6 N–H and O–H groups in total. The number of nitrogens with zero attached hydrogens (tertiary/aromatic N) is 2. The van der Waals surface area contributed by atoms with E-state index < -0.39 is 6.03 Å². The Balaban J connectivity index is 3.10. The molecule has 2 amide bonds. The number of ether oxygens (including phenoxy) is 1. The summed E-state index contributed by atoms with van der Waals surface area (Å²) in [5.74, 6) is 6.32. The minimum atomic E-state index is -0.498. The molecule has 23 heavy (non-hydrogen) atoms. The van der Waals surface area contributed by atoms with Gasteiger partial charge in [0.1, 0.15) is 12.4 Å². The number of carbonyl (C=O) groups is 1. The zero-order valence-corrected chi connectivity index (χ0v) is 14.8. The van der Waals surface area contributed by atoms with Gasteiger partial charge in [-0.1, -0.05) is 13.8 Å². The van der Waals surface area contributed by atoms with Crippen LogP contribution in [0.15, 0.2) is 22.9 Å². The molecular formula is C14H25N6O2P. The van der Waals surface area contributed by atoms with Crippen LogP contribution in [-0.4, -0.2) is 16.8 Å². The van der Waals surface area contributed by atoms with Crippen LogP contribution in [-0.2, 0) is 18.4 Å². The van der Waals surface area contributed by atoms with Gasteiger partial charge in [0.15, 0.2) is 5.88 Å². The fourth-order valence-electron chi connectivity index (χ4n) is 2.12. The molecule has 1 aromatic rings. The molecule has 0 aromatic carbocycles. The zero-order chi connectivity index (χ0) is 17.4. The average molecular weight is 340 g/mol. The summed E-state index contributed by atoms with van der Waals surface area (Å²) >= 11 is 0. The lowest BCUT2D eigenvalue weighted by Crippen LogP contribution is -2.35. The number of hydrogen-bond acceptors (Lipinski definition) is 5. The third-order valence-corrected chi connectivity index (χ3v) is 3.71. The van der Waals surface area contributed by atoms with E-state index in [1.165, 1.54) is 6.21 Å². The van der Waals surface area contributed by atoms with Gasteiger partial charge in [0.25, 0.3) is 0 Å². The quantitative estimate of drug-likeness (QED) is 0.151. The maximum atomic E-state index is 11.6. The van der Waals surface area contributed by atoms with Gasteiger partial charge in [-0.15, -0.1) is 0 Å². The number of aryl methyl sites for hydroxylation is 1. The Kier molecular flexibility index (Phi) is 7.57. The Hall–Kier alpha value is -2.05. The molecule has 0 bridgehead atoms. The smallest absolute Gasteiger partial charge is 0.334 e. The lowest BCUT2D eigenvalue weighted by atomic mass is 9.97. The number of carbonyl (C=O) groups excluding carboxylic acids is 1. The first kappa shape index (κ1) is 19.0. The number of urea groups is 1. The predicted octanol–water partition coefficient (Wildman–Crippen LogP) is 1.71. The fraction of sp³-hybridized carbons (Fsp3) is 0.429. The second kappa shape index (κ2) is 9.17. The second-order valence-corrected chi connectivity index (χ2v) is 5.38. The summed E-state index contributed by atoms with van der Waals surface area (Å²) in [7, 11) is 4.06. The van der Waals surface area contributed by atoms with Crippen molar-refractivity contribution in [2.24, 2.45) is 23.4 Å². The topological polar surface area (TPSA) is 120 Å². The number of hydrazine groups is 1. The molecule has 1 aromatic heterocycles. The van der Waals surface area contributed by atoms with Crippen LogP contribution in [0, 0.1) is 0 Å². The van der Waals surface area contributed by atoms with Crippen LogP contribution in [0.4, 0.5) is 10.6 Å². The number of aromatic nitrogens is 1. The summed E-state index contributed by atoms with van der Waals surface area (Å²) in [6.07, 6.45) is 6.01. The Morgan fingerprint density at radius 2 is 2.30 bits per heavy atom.